The maximum Gasteiger partial charge on any atom is 0.148 e. The van der Waals surface area contributed by atoms with E-state index >= 15 is 0 Å². The van der Waals surface area contributed by atoms with Gasteiger partial charge in [0.15, 0.2) is 0 Å². The fourth-order valence-corrected chi connectivity index (χ4v) is 1.87. The number of hydrogen-bond donors (Lipinski definition) is 2. The number of nitrogens with zero attached hydrogens (tertiary/aromatic N) is 2. The molecule has 6 heteroatoms. The van der Waals surface area contributed by atoms with Gasteiger partial charge in [0, 0.05) is 0 Å². The van der Waals surface area contributed by atoms with E-state index in [0.29, 0.717) is 0 Å². The lowest BCUT2D eigenvalue weighted by Gasteiger charge is -2.49. The van der Waals surface area contributed by atoms with E-state index in [2.05, 4.69) is 0 Å². The largest absolute Gasteiger partial charge is 1.00 e. The molecule has 4 nitrogen and oxygen atoms in total. The van der Waals surface area contributed by atoms with Gasteiger partial charge in [-0.05, 0) is 0 Å². The van der Waals surface area contributed by atoms with Crippen molar-refractivity contribution in [3.63, 3.8) is 0 Å². The fourth-order valence-electron chi connectivity index (χ4n) is 1.87. The van der Waals surface area contributed by atoms with Crippen LogP contribution in [0.2, 0.25) is 0 Å². The van der Waals surface area contributed by atoms with Crippen molar-refractivity contribution in [2.45, 2.75) is 0 Å². The molecule has 12 heavy (non-hydrogen) atoms. The first kappa shape index (κ1) is 13.3. The summed E-state index contributed by atoms with van der Waals surface area (Å²) in [6.45, 7) is 6.40. The highest BCUT2D eigenvalue weighted by Gasteiger charge is 2.46. The van der Waals surface area contributed by atoms with Crippen LogP contribution in [-0.4, -0.2) is 48.5 Å². The number of piperazine rings is 3. The van der Waals surface area contributed by atoms with Gasteiger partial charge in [-0.1, -0.05) is 0 Å². The van der Waals surface area contributed by atoms with Crippen molar-refractivity contribution in [2.24, 2.45) is 11.7 Å². The van der Waals surface area contributed by atoms with E-state index in [-0.39, 0.29) is 48.0 Å². The van der Waals surface area contributed by atoms with Crippen molar-refractivity contribution >= 4 is 0 Å². The highest BCUT2D eigenvalue weighted by atomic mass is 127. The lowest BCUT2D eigenvalue weighted by Crippen LogP contribution is -3.00. The average molecular weight is 398 g/mol. The molecular weight excluding hydrogens is 382 g/mol. The van der Waals surface area contributed by atoms with Gasteiger partial charge in [-0.3, -0.25) is 0 Å². The third-order valence-corrected chi connectivity index (χ3v) is 2.97. The number of hydrogen-bond acceptors (Lipinski definition) is 2. The summed E-state index contributed by atoms with van der Waals surface area (Å²) in [4.78, 5) is 0. The van der Waals surface area contributed by atoms with Crippen LogP contribution in [0.5, 0.6) is 0 Å². The van der Waals surface area contributed by atoms with Crippen molar-refractivity contribution in [2.75, 3.05) is 39.3 Å². The molecule has 4 N–H and O–H groups in total. The third-order valence-electron chi connectivity index (χ3n) is 2.97. The van der Waals surface area contributed by atoms with Gasteiger partial charge < -0.3 is 48.0 Å². The monoisotopic (exact) mass is 398 g/mol. The van der Waals surface area contributed by atoms with Crippen LogP contribution in [0.3, 0.4) is 0 Å². The molecule has 3 aliphatic rings. The first-order valence-corrected chi connectivity index (χ1v) is 3.91. The molecular formula is C6H16I2N4. The molecule has 74 valence electrons. The molecule has 0 aromatic rings. The van der Waals surface area contributed by atoms with Crippen molar-refractivity contribution < 1.29 is 57.1 Å². The molecule has 0 aromatic heterocycles. The standard InChI is InChI=1S/C6H16N4.2HI/c7-9-1-2-10(8,5-3-9)6-4-9;;/h1-8H2;2*1H/q+2;;/p-2. The molecule has 3 fully saturated rings. The Hall–Kier alpha value is 1.30. The summed E-state index contributed by atoms with van der Waals surface area (Å²) in [6, 6.07) is 0. The van der Waals surface area contributed by atoms with Gasteiger partial charge in [0.2, 0.25) is 0 Å². The minimum atomic E-state index is 0. The Labute approximate surface area is 107 Å². The first-order chi connectivity index (χ1) is 4.62. The zero-order valence-electron chi connectivity index (χ0n) is 7.05. The van der Waals surface area contributed by atoms with E-state index in [1.165, 1.54) is 0 Å². The smallest absolute Gasteiger partial charge is 0.148 e. The molecule has 0 saturated carbocycles. The Balaban J connectivity index is 0.000000605. The molecule has 3 aliphatic heterocycles. The Morgan fingerprint density at radius 3 is 0.917 bits per heavy atom. The van der Waals surface area contributed by atoms with E-state index in [4.69, 9.17) is 11.7 Å². The summed E-state index contributed by atoms with van der Waals surface area (Å²) in [5, 5.41) is 0. The van der Waals surface area contributed by atoms with Crippen LogP contribution in [0.25, 0.3) is 0 Å². The van der Waals surface area contributed by atoms with E-state index in [0.717, 1.165) is 48.5 Å². The van der Waals surface area contributed by atoms with Crippen LogP contribution in [0, 0.1) is 0 Å². The molecule has 3 heterocycles. The summed E-state index contributed by atoms with van der Waals surface area (Å²) in [5.41, 5.74) is 0. The lowest BCUT2D eigenvalue weighted by atomic mass is 10.2. The topological polar surface area (TPSA) is 52.0 Å². The van der Waals surface area contributed by atoms with Crippen molar-refractivity contribution in [1.29, 1.82) is 0 Å². The van der Waals surface area contributed by atoms with Crippen molar-refractivity contribution in [1.82, 2.24) is 0 Å². The van der Waals surface area contributed by atoms with E-state index in [1.54, 1.807) is 0 Å². The highest BCUT2D eigenvalue weighted by molar-refractivity contribution is 4.54. The Bertz CT molecular complexity index is 121. The van der Waals surface area contributed by atoms with E-state index < -0.39 is 0 Å². The predicted molar refractivity (Wildman–Crippen MR) is 38.1 cm³/mol. The predicted octanol–water partition coefficient (Wildman–Crippen LogP) is -7.60. The van der Waals surface area contributed by atoms with Gasteiger partial charge in [-0.25, -0.2) is 9.18 Å². The minimum Gasteiger partial charge on any atom is -1.00 e. The van der Waals surface area contributed by atoms with Crippen LogP contribution in [0.4, 0.5) is 0 Å². The normalized spacial score (nSPS) is 44.5. The highest BCUT2D eigenvalue weighted by Crippen LogP contribution is 2.17. The van der Waals surface area contributed by atoms with Crippen LogP contribution < -0.4 is 59.6 Å². The molecule has 0 atom stereocenters. The molecule has 0 spiro atoms. The van der Waals surface area contributed by atoms with Crippen LogP contribution in [0.15, 0.2) is 0 Å². The first-order valence-electron chi connectivity index (χ1n) is 3.91. The van der Waals surface area contributed by atoms with E-state index in [9.17, 15) is 0 Å². The summed E-state index contributed by atoms with van der Waals surface area (Å²) in [5.74, 6) is 12.1. The fraction of sp³-hybridized carbons (Fsp3) is 1.00. The quantitative estimate of drug-likeness (QED) is 0.242. The van der Waals surface area contributed by atoms with Crippen molar-refractivity contribution in [3.05, 3.63) is 0 Å². The second kappa shape index (κ2) is 4.22. The van der Waals surface area contributed by atoms with Gasteiger partial charge >= 0.3 is 0 Å². The van der Waals surface area contributed by atoms with Gasteiger partial charge in [-0.15, -0.1) is 0 Å². The maximum atomic E-state index is 6.03. The number of nitrogens with two attached hydrogens (primary N) is 2. The zero-order chi connectivity index (χ0) is 7.24. The molecule has 0 amide bonds. The summed E-state index contributed by atoms with van der Waals surface area (Å²) in [6.07, 6.45) is 0. The molecule has 0 aromatic carbocycles. The molecule has 0 unspecified atom stereocenters. The number of halogens is 2. The number of quaternary nitrogens is 2. The molecule has 2 bridgehead atoms. The van der Waals surface area contributed by atoms with Gasteiger partial charge in [0.1, 0.15) is 39.3 Å². The second-order valence-corrected chi connectivity index (χ2v) is 3.78. The molecule has 0 aliphatic carbocycles. The van der Waals surface area contributed by atoms with Crippen molar-refractivity contribution in [3.8, 4) is 0 Å². The molecule has 3 saturated heterocycles. The van der Waals surface area contributed by atoms with Gasteiger partial charge in [-0.2, -0.15) is 11.7 Å². The SMILES string of the molecule is N[N+]12CC[N+](N)(CC1)CC2.[I-].[I-]. The zero-order valence-corrected chi connectivity index (χ0v) is 11.4. The maximum absolute atomic E-state index is 6.03. The van der Waals surface area contributed by atoms with Crippen LogP contribution >= 0.6 is 0 Å². The molecule has 0 radical (unpaired) electrons. The van der Waals surface area contributed by atoms with Gasteiger partial charge in [0.25, 0.3) is 0 Å². The Kier molecular flexibility index (Phi) is 4.67. The Morgan fingerprint density at radius 2 is 0.750 bits per heavy atom. The average Bonchev–Trinajstić information content (AvgIpc) is 1.93. The van der Waals surface area contributed by atoms with Gasteiger partial charge in [0.05, 0.1) is 0 Å². The summed E-state index contributed by atoms with van der Waals surface area (Å²) >= 11 is 0. The van der Waals surface area contributed by atoms with Crippen LogP contribution in [-0.2, 0) is 0 Å². The number of fused-ring (bicyclic) bond motifs is 3. The lowest BCUT2D eigenvalue weighted by molar-refractivity contribution is -1.09. The second-order valence-electron chi connectivity index (χ2n) is 3.78. The third kappa shape index (κ3) is 2.41. The van der Waals surface area contributed by atoms with Crippen LogP contribution in [0.1, 0.15) is 0 Å². The summed E-state index contributed by atoms with van der Waals surface area (Å²) in [7, 11) is 0. The number of rotatable bonds is 0. The minimum absolute atomic E-state index is 0. The molecule has 3 rings (SSSR count). The Morgan fingerprint density at radius 1 is 0.583 bits per heavy atom. The van der Waals surface area contributed by atoms with E-state index in [1.807, 2.05) is 0 Å². The summed E-state index contributed by atoms with van der Waals surface area (Å²) < 4.78 is 1.55.